The molecule has 2 rings (SSSR count). The number of aryl methyl sites for hydroxylation is 1. The molecule has 0 aliphatic heterocycles. The van der Waals surface area contributed by atoms with Crippen LogP contribution in [0.4, 0.5) is 0 Å². The predicted molar refractivity (Wildman–Crippen MR) is 67.4 cm³/mol. The Hall–Kier alpha value is -1.19. The molecule has 2 aromatic rings. The molecule has 0 radical (unpaired) electrons. The van der Waals surface area contributed by atoms with Crippen LogP contribution in [-0.2, 0) is 6.42 Å². The van der Waals surface area contributed by atoms with Gasteiger partial charge in [-0.3, -0.25) is 0 Å². The maximum Gasteiger partial charge on any atom is 0.144 e. The lowest BCUT2D eigenvalue weighted by atomic mass is 10.0. The number of nitrogens with one attached hydrogen (secondary N) is 1. The smallest absolute Gasteiger partial charge is 0.144 e. The first-order chi connectivity index (χ1) is 7.69. The predicted octanol–water partition coefficient (Wildman–Crippen LogP) is 2.64. The van der Waals surface area contributed by atoms with Crippen LogP contribution >= 0.6 is 11.6 Å². The third-order valence-corrected chi connectivity index (χ3v) is 3.23. The summed E-state index contributed by atoms with van der Waals surface area (Å²) in [6.07, 6.45) is 2.81. The van der Waals surface area contributed by atoms with Crippen molar-refractivity contribution < 1.29 is 4.74 Å². The normalized spacial score (nSPS) is 11.0. The summed E-state index contributed by atoms with van der Waals surface area (Å²) in [7, 11) is 1.64. The van der Waals surface area contributed by atoms with Gasteiger partial charge in [-0.1, -0.05) is 11.6 Å². The summed E-state index contributed by atoms with van der Waals surface area (Å²) >= 11 is 6.18. The molecule has 0 amide bonds. The Bertz CT molecular complexity index is 519. The first kappa shape index (κ1) is 11.3. The fourth-order valence-electron chi connectivity index (χ4n) is 2.02. The molecule has 0 aliphatic rings. The van der Waals surface area contributed by atoms with Gasteiger partial charge in [0.15, 0.2) is 0 Å². The van der Waals surface area contributed by atoms with Crippen LogP contribution in [0.25, 0.3) is 10.9 Å². The number of fused-ring (bicyclic) bond motifs is 1. The fraction of sp³-hybridized carbons (Fsp3) is 0.333. The second-order valence-corrected chi connectivity index (χ2v) is 4.20. The molecule has 0 atom stereocenters. The number of aromatic nitrogens is 1. The van der Waals surface area contributed by atoms with E-state index in [9.17, 15) is 0 Å². The van der Waals surface area contributed by atoms with Crippen LogP contribution in [0.15, 0.2) is 12.3 Å². The van der Waals surface area contributed by atoms with Gasteiger partial charge in [-0.2, -0.15) is 0 Å². The minimum absolute atomic E-state index is 0.626. The number of hydrogen-bond acceptors (Lipinski definition) is 2. The van der Waals surface area contributed by atoms with E-state index in [0.717, 1.165) is 33.7 Å². The molecule has 1 aromatic carbocycles. The second kappa shape index (κ2) is 4.36. The molecule has 0 fully saturated rings. The van der Waals surface area contributed by atoms with Crippen molar-refractivity contribution >= 4 is 22.5 Å². The number of ether oxygens (including phenoxy) is 1. The third kappa shape index (κ3) is 1.66. The van der Waals surface area contributed by atoms with Gasteiger partial charge in [0.25, 0.3) is 0 Å². The zero-order valence-corrected chi connectivity index (χ0v) is 10.2. The average Bonchev–Trinajstić information content (AvgIpc) is 2.68. The molecule has 0 spiro atoms. The van der Waals surface area contributed by atoms with E-state index in [4.69, 9.17) is 22.1 Å². The number of benzene rings is 1. The Labute approximate surface area is 99.5 Å². The zero-order chi connectivity index (χ0) is 11.7. The number of aromatic amines is 1. The first-order valence-corrected chi connectivity index (χ1v) is 5.60. The monoisotopic (exact) mass is 238 g/mol. The van der Waals surface area contributed by atoms with Gasteiger partial charge < -0.3 is 15.5 Å². The van der Waals surface area contributed by atoms with Crippen molar-refractivity contribution in [1.29, 1.82) is 0 Å². The van der Waals surface area contributed by atoms with Crippen molar-refractivity contribution in [2.75, 3.05) is 13.7 Å². The third-order valence-electron chi connectivity index (χ3n) is 2.83. The van der Waals surface area contributed by atoms with Gasteiger partial charge in [-0.05, 0) is 31.0 Å². The molecule has 1 heterocycles. The quantitative estimate of drug-likeness (QED) is 0.864. The zero-order valence-electron chi connectivity index (χ0n) is 9.43. The minimum atomic E-state index is 0.626. The van der Waals surface area contributed by atoms with Crippen LogP contribution in [0.3, 0.4) is 0 Å². The van der Waals surface area contributed by atoms with E-state index >= 15 is 0 Å². The molecule has 3 N–H and O–H groups in total. The summed E-state index contributed by atoms with van der Waals surface area (Å²) in [6, 6.07) is 1.84. The Morgan fingerprint density at radius 2 is 2.25 bits per heavy atom. The van der Waals surface area contributed by atoms with Crippen LogP contribution in [0.1, 0.15) is 11.1 Å². The van der Waals surface area contributed by atoms with E-state index in [1.165, 1.54) is 5.56 Å². The highest BCUT2D eigenvalue weighted by molar-refractivity contribution is 6.32. The molecule has 3 nitrogen and oxygen atoms in total. The van der Waals surface area contributed by atoms with Gasteiger partial charge in [-0.15, -0.1) is 0 Å². The highest BCUT2D eigenvalue weighted by Gasteiger charge is 2.13. The average molecular weight is 239 g/mol. The van der Waals surface area contributed by atoms with Crippen molar-refractivity contribution in [3.8, 4) is 5.75 Å². The van der Waals surface area contributed by atoms with Crippen LogP contribution < -0.4 is 10.5 Å². The van der Waals surface area contributed by atoms with Gasteiger partial charge in [0.1, 0.15) is 5.75 Å². The second-order valence-electron chi connectivity index (χ2n) is 3.79. The van der Waals surface area contributed by atoms with E-state index in [0.29, 0.717) is 6.54 Å². The van der Waals surface area contributed by atoms with Crippen LogP contribution in [0.2, 0.25) is 5.02 Å². The summed E-state index contributed by atoms with van der Waals surface area (Å²) in [6.45, 7) is 2.64. The maximum atomic E-state index is 6.18. The lowest BCUT2D eigenvalue weighted by molar-refractivity contribution is 0.419. The summed E-state index contributed by atoms with van der Waals surface area (Å²) < 4.78 is 5.31. The molecule has 0 unspecified atom stereocenters. The first-order valence-electron chi connectivity index (χ1n) is 5.22. The van der Waals surface area contributed by atoms with Crippen LogP contribution in [0.5, 0.6) is 5.75 Å². The van der Waals surface area contributed by atoms with Crippen molar-refractivity contribution in [1.82, 2.24) is 4.98 Å². The van der Waals surface area contributed by atoms with Crippen molar-refractivity contribution in [3.05, 3.63) is 28.4 Å². The van der Waals surface area contributed by atoms with Crippen LogP contribution in [-0.4, -0.2) is 18.6 Å². The summed E-state index contributed by atoms with van der Waals surface area (Å²) in [5.74, 6) is 0.772. The van der Waals surface area contributed by atoms with E-state index < -0.39 is 0 Å². The number of methoxy groups -OCH3 is 1. The minimum Gasteiger partial charge on any atom is -0.495 e. The number of hydrogen-bond donors (Lipinski definition) is 2. The van der Waals surface area contributed by atoms with Gasteiger partial charge in [0.05, 0.1) is 12.6 Å². The largest absolute Gasteiger partial charge is 0.495 e. The number of H-pyrrole nitrogens is 1. The highest BCUT2D eigenvalue weighted by Crippen LogP contribution is 2.35. The number of rotatable bonds is 3. The molecule has 0 saturated heterocycles. The summed E-state index contributed by atoms with van der Waals surface area (Å²) in [4.78, 5) is 3.22. The molecule has 0 bridgehead atoms. The van der Waals surface area contributed by atoms with Crippen molar-refractivity contribution in [2.24, 2.45) is 5.73 Å². The Kier molecular flexibility index (Phi) is 3.08. The van der Waals surface area contributed by atoms with E-state index in [-0.39, 0.29) is 0 Å². The Balaban J connectivity index is 2.75. The standard InChI is InChI=1S/C12H15ClN2O/c1-7-9(13)5-10(16-2)12-11(7)8(3-4-14)6-15-12/h5-6,15H,3-4,14H2,1-2H3. The topological polar surface area (TPSA) is 51.0 Å². The Morgan fingerprint density at radius 1 is 1.50 bits per heavy atom. The fourth-order valence-corrected chi connectivity index (χ4v) is 2.21. The van der Waals surface area contributed by atoms with E-state index in [1.807, 2.05) is 19.2 Å². The molecule has 4 heteroatoms. The number of nitrogens with two attached hydrogens (primary N) is 1. The van der Waals surface area contributed by atoms with Gasteiger partial charge in [0.2, 0.25) is 0 Å². The molecule has 0 aliphatic carbocycles. The lowest BCUT2D eigenvalue weighted by Gasteiger charge is -2.07. The maximum absolute atomic E-state index is 6.18. The van der Waals surface area contributed by atoms with E-state index in [2.05, 4.69) is 4.98 Å². The van der Waals surface area contributed by atoms with Crippen LogP contribution in [0, 0.1) is 6.92 Å². The molecular weight excluding hydrogens is 224 g/mol. The van der Waals surface area contributed by atoms with Crippen molar-refractivity contribution in [2.45, 2.75) is 13.3 Å². The van der Waals surface area contributed by atoms with Crippen molar-refractivity contribution in [3.63, 3.8) is 0 Å². The molecule has 86 valence electrons. The SMILES string of the molecule is COc1cc(Cl)c(C)c2c(CCN)c[nH]c12. The lowest BCUT2D eigenvalue weighted by Crippen LogP contribution is -2.02. The molecule has 1 aromatic heterocycles. The highest BCUT2D eigenvalue weighted by atomic mass is 35.5. The molecule has 16 heavy (non-hydrogen) atoms. The Morgan fingerprint density at radius 3 is 2.88 bits per heavy atom. The molecular formula is C12H15ClN2O. The van der Waals surface area contributed by atoms with E-state index in [1.54, 1.807) is 7.11 Å². The summed E-state index contributed by atoms with van der Waals surface area (Å²) in [5, 5.41) is 1.86. The van der Waals surface area contributed by atoms with Gasteiger partial charge in [-0.25, -0.2) is 0 Å². The summed E-state index contributed by atoms with van der Waals surface area (Å²) in [5.41, 5.74) is 8.85. The van der Waals surface area contributed by atoms with Gasteiger partial charge in [0, 0.05) is 22.7 Å². The number of halogens is 1. The van der Waals surface area contributed by atoms with Gasteiger partial charge >= 0.3 is 0 Å². The molecule has 0 saturated carbocycles.